The van der Waals surface area contributed by atoms with E-state index < -0.39 is 0 Å². The minimum Gasteiger partial charge on any atom is -0.369 e. The van der Waals surface area contributed by atoms with Crippen LogP contribution in [0.15, 0.2) is 36.4 Å². The molecular formula is C21H20FN3O. The standard InChI is InChI=1S/C21H20FN3O/c1-13-23-24-21-12-26-11-19-17(6-3-7-20(19)25(13)21)16-5-2-4-14-8-9-15(22)10-18(14)16/h3,6-10,16H,2,4-5,11-12H2,1H3. The zero-order valence-electron chi connectivity index (χ0n) is 14.7. The van der Waals surface area contributed by atoms with Gasteiger partial charge >= 0.3 is 0 Å². The van der Waals surface area contributed by atoms with Crippen molar-refractivity contribution in [2.75, 3.05) is 0 Å². The number of rotatable bonds is 1. The first-order chi connectivity index (χ1) is 12.7. The fourth-order valence-electron chi connectivity index (χ4n) is 4.44. The van der Waals surface area contributed by atoms with Crippen LogP contribution in [0.25, 0.3) is 5.69 Å². The molecule has 5 rings (SSSR count). The Kier molecular flexibility index (Phi) is 3.64. The normalized spacial score (nSPS) is 18.6. The molecule has 3 aromatic rings. The van der Waals surface area contributed by atoms with Crippen LogP contribution in [-0.2, 0) is 24.4 Å². The van der Waals surface area contributed by atoms with Gasteiger partial charge in [0, 0.05) is 11.5 Å². The van der Waals surface area contributed by atoms with E-state index in [1.807, 2.05) is 13.0 Å². The van der Waals surface area contributed by atoms with Gasteiger partial charge in [-0.25, -0.2) is 4.39 Å². The third kappa shape index (κ3) is 2.38. The number of hydrogen-bond acceptors (Lipinski definition) is 3. The molecule has 0 N–H and O–H groups in total. The van der Waals surface area contributed by atoms with E-state index in [1.54, 1.807) is 12.1 Å². The zero-order valence-corrected chi connectivity index (χ0v) is 14.7. The highest BCUT2D eigenvalue weighted by molar-refractivity contribution is 5.52. The van der Waals surface area contributed by atoms with E-state index in [-0.39, 0.29) is 11.7 Å². The van der Waals surface area contributed by atoms with Gasteiger partial charge in [-0.3, -0.25) is 4.57 Å². The van der Waals surface area contributed by atoms with Crippen LogP contribution in [0, 0.1) is 12.7 Å². The summed E-state index contributed by atoms with van der Waals surface area (Å²) in [5.41, 5.74) is 5.86. The number of ether oxygens (including phenoxy) is 1. The summed E-state index contributed by atoms with van der Waals surface area (Å²) in [5, 5.41) is 8.46. The second-order valence-corrected chi connectivity index (χ2v) is 7.12. The predicted molar refractivity (Wildman–Crippen MR) is 95.8 cm³/mol. The molecule has 4 nitrogen and oxygen atoms in total. The van der Waals surface area contributed by atoms with Crippen LogP contribution in [0.1, 0.15) is 52.7 Å². The van der Waals surface area contributed by atoms with Gasteiger partial charge in [0.15, 0.2) is 5.82 Å². The van der Waals surface area contributed by atoms with Crippen molar-refractivity contribution in [3.63, 3.8) is 0 Å². The lowest BCUT2D eigenvalue weighted by Gasteiger charge is -2.28. The summed E-state index contributed by atoms with van der Waals surface area (Å²) in [7, 11) is 0. The molecule has 0 amide bonds. The lowest BCUT2D eigenvalue weighted by Crippen LogP contribution is -2.14. The lowest BCUT2D eigenvalue weighted by atomic mass is 9.77. The molecule has 1 aromatic heterocycles. The van der Waals surface area contributed by atoms with Crippen molar-refractivity contribution in [3.05, 3.63) is 76.1 Å². The second-order valence-electron chi connectivity index (χ2n) is 7.12. The van der Waals surface area contributed by atoms with E-state index >= 15 is 0 Å². The van der Waals surface area contributed by atoms with Crippen LogP contribution >= 0.6 is 0 Å². The summed E-state index contributed by atoms with van der Waals surface area (Å²) in [6.45, 7) is 2.95. The maximum atomic E-state index is 14.0. The van der Waals surface area contributed by atoms with Crippen molar-refractivity contribution in [2.45, 2.75) is 45.3 Å². The SMILES string of the molecule is Cc1nnc2n1-c1cccc(C3CCCc4ccc(F)cc43)c1COC2. The van der Waals surface area contributed by atoms with E-state index in [4.69, 9.17) is 4.74 Å². The summed E-state index contributed by atoms with van der Waals surface area (Å²) < 4.78 is 21.9. The maximum absolute atomic E-state index is 14.0. The Hall–Kier alpha value is -2.53. The highest BCUT2D eigenvalue weighted by Crippen LogP contribution is 2.40. The molecule has 26 heavy (non-hydrogen) atoms. The van der Waals surface area contributed by atoms with Crippen molar-refractivity contribution in [2.24, 2.45) is 0 Å². The van der Waals surface area contributed by atoms with E-state index in [0.29, 0.717) is 13.2 Å². The predicted octanol–water partition coefficient (Wildman–Crippen LogP) is 4.21. The van der Waals surface area contributed by atoms with Gasteiger partial charge in [0.1, 0.15) is 18.2 Å². The summed E-state index contributed by atoms with van der Waals surface area (Å²) >= 11 is 0. The van der Waals surface area contributed by atoms with E-state index in [9.17, 15) is 4.39 Å². The van der Waals surface area contributed by atoms with Gasteiger partial charge < -0.3 is 4.74 Å². The minimum absolute atomic E-state index is 0.161. The molecule has 2 aliphatic rings. The number of nitrogens with zero attached hydrogens (tertiary/aromatic N) is 3. The molecule has 5 heteroatoms. The minimum atomic E-state index is -0.161. The molecule has 0 saturated heterocycles. The van der Waals surface area contributed by atoms with Gasteiger partial charge in [0.25, 0.3) is 0 Å². The van der Waals surface area contributed by atoms with Crippen LogP contribution in [0.4, 0.5) is 4.39 Å². The molecular weight excluding hydrogens is 329 g/mol. The molecule has 1 atom stereocenters. The maximum Gasteiger partial charge on any atom is 0.163 e. The fourth-order valence-corrected chi connectivity index (χ4v) is 4.44. The first kappa shape index (κ1) is 15.7. The van der Waals surface area contributed by atoms with Gasteiger partial charge in [0.05, 0.1) is 12.3 Å². The Balaban J connectivity index is 1.70. The van der Waals surface area contributed by atoms with Gasteiger partial charge in [-0.1, -0.05) is 18.2 Å². The van der Waals surface area contributed by atoms with E-state index in [0.717, 1.165) is 47.7 Å². The van der Waals surface area contributed by atoms with Crippen LogP contribution in [0.3, 0.4) is 0 Å². The Labute approximate surface area is 151 Å². The highest BCUT2D eigenvalue weighted by atomic mass is 19.1. The third-order valence-corrected chi connectivity index (χ3v) is 5.60. The lowest BCUT2D eigenvalue weighted by molar-refractivity contribution is 0.104. The van der Waals surface area contributed by atoms with Gasteiger partial charge in [-0.15, -0.1) is 10.2 Å². The summed E-state index contributed by atoms with van der Waals surface area (Å²) in [6, 6.07) is 11.6. The quantitative estimate of drug-likeness (QED) is 0.661. The molecule has 0 radical (unpaired) electrons. The molecule has 132 valence electrons. The summed E-state index contributed by atoms with van der Waals surface area (Å²) in [5.74, 6) is 1.73. The highest BCUT2D eigenvalue weighted by Gasteiger charge is 2.27. The Morgan fingerprint density at radius 3 is 2.96 bits per heavy atom. The van der Waals surface area contributed by atoms with Crippen molar-refractivity contribution < 1.29 is 9.13 Å². The molecule has 0 bridgehead atoms. The smallest absolute Gasteiger partial charge is 0.163 e. The molecule has 2 aromatic carbocycles. The van der Waals surface area contributed by atoms with E-state index in [1.165, 1.54) is 11.1 Å². The monoisotopic (exact) mass is 349 g/mol. The largest absolute Gasteiger partial charge is 0.369 e. The molecule has 0 fully saturated rings. The number of aromatic nitrogens is 3. The van der Waals surface area contributed by atoms with Crippen LogP contribution in [0.5, 0.6) is 0 Å². The van der Waals surface area contributed by atoms with Crippen molar-refractivity contribution in [1.29, 1.82) is 0 Å². The number of halogens is 1. The van der Waals surface area contributed by atoms with Crippen molar-refractivity contribution >= 4 is 0 Å². The Bertz CT molecular complexity index is 995. The molecule has 1 aliphatic carbocycles. The van der Waals surface area contributed by atoms with Crippen molar-refractivity contribution in [1.82, 2.24) is 14.8 Å². The first-order valence-electron chi connectivity index (χ1n) is 9.11. The number of benzene rings is 2. The first-order valence-corrected chi connectivity index (χ1v) is 9.11. The molecule has 2 heterocycles. The van der Waals surface area contributed by atoms with Crippen LogP contribution in [-0.4, -0.2) is 14.8 Å². The van der Waals surface area contributed by atoms with E-state index in [2.05, 4.69) is 33.0 Å². The fraction of sp³-hybridized carbons (Fsp3) is 0.333. The van der Waals surface area contributed by atoms with Gasteiger partial charge in [-0.2, -0.15) is 0 Å². The van der Waals surface area contributed by atoms with Crippen LogP contribution < -0.4 is 0 Å². The summed E-state index contributed by atoms with van der Waals surface area (Å²) in [4.78, 5) is 0. The second kappa shape index (κ2) is 6.02. The van der Waals surface area contributed by atoms with Gasteiger partial charge in [-0.05, 0) is 61.1 Å². The zero-order chi connectivity index (χ0) is 17.7. The third-order valence-electron chi connectivity index (χ3n) is 5.60. The average molecular weight is 349 g/mol. The number of fused-ring (bicyclic) bond motifs is 4. The number of hydrogen-bond donors (Lipinski definition) is 0. The number of aryl methyl sites for hydroxylation is 2. The Morgan fingerprint density at radius 2 is 2.04 bits per heavy atom. The van der Waals surface area contributed by atoms with Gasteiger partial charge in [0.2, 0.25) is 0 Å². The molecule has 1 unspecified atom stereocenters. The molecule has 0 spiro atoms. The average Bonchev–Trinajstić information content (AvgIpc) is 2.91. The van der Waals surface area contributed by atoms with Crippen LogP contribution in [0.2, 0.25) is 0 Å². The molecule has 1 aliphatic heterocycles. The summed E-state index contributed by atoms with van der Waals surface area (Å²) in [6.07, 6.45) is 3.16. The molecule has 0 saturated carbocycles. The topological polar surface area (TPSA) is 39.9 Å². The van der Waals surface area contributed by atoms with Crippen molar-refractivity contribution in [3.8, 4) is 5.69 Å². The Morgan fingerprint density at radius 1 is 1.12 bits per heavy atom.